The molecule has 5 heteroatoms. The predicted octanol–water partition coefficient (Wildman–Crippen LogP) is 1.04. The molecule has 0 fully saturated rings. The molecule has 0 radical (unpaired) electrons. The van der Waals surface area contributed by atoms with E-state index < -0.39 is 6.03 Å². The van der Waals surface area contributed by atoms with E-state index in [1.807, 2.05) is 36.5 Å². The molecule has 1 heterocycles. The molecule has 2 aromatic rings. The molecule has 0 aliphatic rings. The number of nitrogens with two attached hydrogens (primary N) is 1. The number of hydrogen-bond acceptors (Lipinski definition) is 2. The monoisotopic (exact) mass is 216 g/mol. The maximum Gasteiger partial charge on any atom is 0.312 e. The van der Waals surface area contributed by atoms with Crippen LogP contribution in [0.2, 0.25) is 0 Å². The number of carbonyl (C=O) groups is 1. The molecule has 2 rings (SSSR count). The molecule has 0 saturated carbocycles. The number of nitrogens with one attached hydrogen (secondary N) is 1. The number of rotatable bonds is 3. The van der Waals surface area contributed by atoms with Gasteiger partial charge in [0.05, 0.1) is 5.69 Å². The summed E-state index contributed by atoms with van der Waals surface area (Å²) in [4.78, 5) is 10.5. The van der Waals surface area contributed by atoms with E-state index in [0.29, 0.717) is 6.54 Å². The van der Waals surface area contributed by atoms with Gasteiger partial charge in [0.2, 0.25) is 0 Å². The van der Waals surface area contributed by atoms with E-state index in [1.165, 1.54) is 0 Å². The third-order valence-electron chi connectivity index (χ3n) is 2.17. The second kappa shape index (κ2) is 4.48. The van der Waals surface area contributed by atoms with Crippen LogP contribution in [0.25, 0.3) is 5.69 Å². The topological polar surface area (TPSA) is 72.9 Å². The normalized spacial score (nSPS) is 10.0. The van der Waals surface area contributed by atoms with E-state index in [9.17, 15) is 4.79 Å². The lowest BCUT2D eigenvalue weighted by Crippen LogP contribution is -2.28. The number of hydrogen-bond donors (Lipinski definition) is 2. The molecule has 82 valence electrons. The van der Waals surface area contributed by atoms with Crippen molar-refractivity contribution in [2.45, 2.75) is 6.54 Å². The van der Waals surface area contributed by atoms with Crippen molar-refractivity contribution in [1.82, 2.24) is 15.1 Å². The number of carbonyl (C=O) groups excluding carboxylic acids is 1. The first-order valence-electron chi connectivity index (χ1n) is 4.88. The summed E-state index contributed by atoms with van der Waals surface area (Å²) in [6, 6.07) is 9.06. The molecule has 0 bridgehead atoms. The Morgan fingerprint density at radius 2 is 2.12 bits per heavy atom. The van der Waals surface area contributed by atoms with Gasteiger partial charge in [-0.15, -0.1) is 0 Å². The van der Waals surface area contributed by atoms with E-state index in [0.717, 1.165) is 11.3 Å². The Morgan fingerprint density at radius 1 is 1.38 bits per heavy atom. The molecule has 0 unspecified atom stereocenters. The molecule has 0 atom stereocenters. The minimum absolute atomic E-state index is 0.439. The fourth-order valence-corrected chi connectivity index (χ4v) is 1.38. The molecule has 0 aliphatic carbocycles. The summed E-state index contributed by atoms with van der Waals surface area (Å²) in [5.41, 5.74) is 6.96. The Balaban J connectivity index is 2.08. The zero-order valence-electron chi connectivity index (χ0n) is 8.63. The van der Waals surface area contributed by atoms with Crippen molar-refractivity contribution in [3.8, 4) is 5.69 Å². The van der Waals surface area contributed by atoms with Gasteiger partial charge in [0.15, 0.2) is 0 Å². The minimum atomic E-state index is -0.517. The zero-order valence-corrected chi connectivity index (χ0v) is 8.63. The third kappa shape index (κ3) is 2.38. The Kier molecular flexibility index (Phi) is 2.86. The summed E-state index contributed by atoms with van der Waals surface area (Å²) in [6.45, 7) is 0.439. The number of aromatic nitrogens is 2. The second-order valence-corrected chi connectivity index (χ2v) is 3.33. The average molecular weight is 216 g/mol. The maximum absolute atomic E-state index is 10.5. The van der Waals surface area contributed by atoms with Gasteiger partial charge >= 0.3 is 6.03 Å². The van der Waals surface area contributed by atoms with Crippen molar-refractivity contribution in [2.75, 3.05) is 0 Å². The first-order chi connectivity index (χ1) is 7.75. The van der Waals surface area contributed by atoms with Crippen molar-refractivity contribution in [1.29, 1.82) is 0 Å². The molecule has 0 spiro atoms. The van der Waals surface area contributed by atoms with E-state index in [2.05, 4.69) is 10.4 Å². The first-order valence-corrected chi connectivity index (χ1v) is 4.88. The van der Waals surface area contributed by atoms with Crippen LogP contribution in [0.1, 0.15) is 5.56 Å². The molecule has 5 nitrogen and oxygen atoms in total. The molecule has 3 N–H and O–H groups in total. The van der Waals surface area contributed by atoms with Crippen LogP contribution in [0.15, 0.2) is 42.7 Å². The molecular weight excluding hydrogens is 204 g/mol. The Morgan fingerprint density at radius 3 is 2.69 bits per heavy atom. The lowest BCUT2D eigenvalue weighted by molar-refractivity contribution is 0.248. The van der Waals surface area contributed by atoms with Crippen molar-refractivity contribution < 1.29 is 4.79 Å². The predicted molar refractivity (Wildman–Crippen MR) is 60.0 cm³/mol. The van der Waals surface area contributed by atoms with Crippen molar-refractivity contribution in [2.24, 2.45) is 5.73 Å². The van der Waals surface area contributed by atoms with Gasteiger partial charge in [0, 0.05) is 18.9 Å². The Hall–Kier alpha value is -2.30. The van der Waals surface area contributed by atoms with Crippen molar-refractivity contribution in [3.63, 3.8) is 0 Å². The zero-order chi connectivity index (χ0) is 11.4. The lowest BCUT2D eigenvalue weighted by atomic mass is 10.2. The quantitative estimate of drug-likeness (QED) is 0.804. The van der Waals surface area contributed by atoms with Crippen molar-refractivity contribution >= 4 is 6.03 Å². The standard InChI is InChI=1S/C11H12N4O/c12-11(16)13-8-9-2-4-10(5-3-9)15-7-1-6-14-15/h1-7H,8H2,(H3,12,13,16). The molecule has 2 amide bonds. The van der Waals surface area contributed by atoms with Gasteiger partial charge in [0.25, 0.3) is 0 Å². The average Bonchev–Trinajstić information content (AvgIpc) is 2.80. The van der Waals surface area contributed by atoms with Crippen LogP contribution in [-0.4, -0.2) is 15.8 Å². The van der Waals surface area contributed by atoms with Crippen molar-refractivity contribution in [3.05, 3.63) is 48.3 Å². The Bertz CT molecular complexity index is 461. The van der Waals surface area contributed by atoms with Crippen LogP contribution in [0.4, 0.5) is 4.79 Å². The minimum Gasteiger partial charge on any atom is -0.352 e. The van der Waals surface area contributed by atoms with Gasteiger partial charge < -0.3 is 11.1 Å². The summed E-state index contributed by atoms with van der Waals surface area (Å²) in [5.74, 6) is 0. The van der Waals surface area contributed by atoms with Crippen LogP contribution in [0.5, 0.6) is 0 Å². The van der Waals surface area contributed by atoms with Gasteiger partial charge in [-0.05, 0) is 23.8 Å². The van der Waals surface area contributed by atoms with Gasteiger partial charge in [0.1, 0.15) is 0 Å². The second-order valence-electron chi connectivity index (χ2n) is 3.33. The fraction of sp³-hybridized carbons (Fsp3) is 0.0909. The number of amides is 2. The first kappa shape index (κ1) is 10.2. The molecular formula is C11H12N4O. The summed E-state index contributed by atoms with van der Waals surface area (Å²) in [6.07, 6.45) is 3.60. The maximum atomic E-state index is 10.5. The highest BCUT2D eigenvalue weighted by Crippen LogP contribution is 2.08. The number of benzene rings is 1. The van der Waals surface area contributed by atoms with E-state index >= 15 is 0 Å². The van der Waals surface area contributed by atoms with Gasteiger partial charge in [-0.1, -0.05) is 12.1 Å². The van der Waals surface area contributed by atoms with Crippen LogP contribution in [-0.2, 0) is 6.54 Å². The molecule has 1 aromatic heterocycles. The fourth-order valence-electron chi connectivity index (χ4n) is 1.38. The summed E-state index contributed by atoms with van der Waals surface area (Å²) >= 11 is 0. The summed E-state index contributed by atoms with van der Waals surface area (Å²) < 4.78 is 1.77. The highest BCUT2D eigenvalue weighted by atomic mass is 16.2. The number of urea groups is 1. The van der Waals surface area contributed by atoms with Crippen LogP contribution in [0, 0.1) is 0 Å². The van der Waals surface area contributed by atoms with Crippen LogP contribution in [0.3, 0.4) is 0 Å². The largest absolute Gasteiger partial charge is 0.352 e. The van der Waals surface area contributed by atoms with Gasteiger partial charge in [-0.25, -0.2) is 9.48 Å². The molecule has 0 saturated heterocycles. The lowest BCUT2D eigenvalue weighted by Gasteiger charge is -2.04. The van der Waals surface area contributed by atoms with E-state index in [1.54, 1.807) is 10.9 Å². The number of primary amides is 1. The molecule has 0 aliphatic heterocycles. The third-order valence-corrected chi connectivity index (χ3v) is 2.17. The molecule has 16 heavy (non-hydrogen) atoms. The molecule has 1 aromatic carbocycles. The highest BCUT2D eigenvalue weighted by Gasteiger charge is 1.97. The van der Waals surface area contributed by atoms with Gasteiger partial charge in [-0.3, -0.25) is 0 Å². The summed E-state index contributed by atoms with van der Waals surface area (Å²) in [7, 11) is 0. The summed E-state index contributed by atoms with van der Waals surface area (Å²) in [5, 5.41) is 6.65. The van der Waals surface area contributed by atoms with Crippen LogP contribution >= 0.6 is 0 Å². The van der Waals surface area contributed by atoms with E-state index in [-0.39, 0.29) is 0 Å². The Labute approximate surface area is 92.9 Å². The number of nitrogens with zero attached hydrogens (tertiary/aromatic N) is 2. The highest BCUT2D eigenvalue weighted by molar-refractivity contribution is 5.71. The van der Waals surface area contributed by atoms with E-state index in [4.69, 9.17) is 5.73 Å². The van der Waals surface area contributed by atoms with Crippen LogP contribution < -0.4 is 11.1 Å². The van der Waals surface area contributed by atoms with Gasteiger partial charge in [-0.2, -0.15) is 5.10 Å². The SMILES string of the molecule is NC(=O)NCc1ccc(-n2cccn2)cc1. The smallest absolute Gasteiger partial charge is 0.312 e.